The van der Waals surface area contributed by atoms with Crippen molar-refractivity contribution < 1.29 is 14.3 Å². The maximum absolute atomic E-state index is 13.7. The van der Waals surface area contributed by atoms with Crippen LogP contribution in [0, 0.1) is 5.92 Å². The number of nitrogens with zero attached hydrogens (tertiary/aromatic N) is 2. The third kappa shape index (κ3) is 3.61. The topological polar surface area (TPSA) is 49.9 Å². The zero-order valence-corrected chi connectivity index (χ0v) is 18.2. The molecule has 0 unspecified atom stereocenters. The number of anilines is 1. The van der Waals surface area contributed by atoms with E-state index in [0.29, 0.717) is 18.8 Å². The molecular weight excluding hydrogens is 408 g/mol. The molecule has 0 saturated carbocycles. The van der Waals surface area contributed by atoms with Gasteiger partial charge in [-0.2, -0.15) is 0 Å². The molecule has 5 rings (SSSR count). The Kier molecular flexibility index (Phi) is 5.24. The molecule has 31 heavy (non-hydrogen) atoms. The second-order valence-corrected chi connectivity index (χ2v) is 9.00. The van der Waals surface area contributed by atoms with Crippen molar-refractivity contribution in [1.82, 2.24) is 4.90 Å². The van der Waals surface area contributed by atoms with Crippen LogP contribution in [0.5, 0.6) is 5.75 Å². The summed E-state index contributed by atoms with van der Waals surface area (Å²) in [4.78, 5) is 31.5. The Morgan fingerprint density at radius 2 is 1.94 bits per heavy atom. The molecule has 0 bridgehead atoms. The summed E-state index contributed by atoms with van der Waals surface area (Å²) in [7, 11) is 1.61. The van der Waals surface area contributed by atoms with E-state index >= 15 is 0 Å². The van der Waals surface area contributed by atoms with Gasteiger partial charge in [0.2, 0.25) is 11.8 Å². The molecule has 1 fully saturated rings. The van der Waals surface area contributed by atoms with Crippen LogP contribution in [0.15, 0.2) is 66.0 Å². The fourth-order valence-electron chi connectivity index (χ4n) is 4.68. The van der Waals surface area contributed by atoms with Gasteiger partial charge in [0.1, 0.15) is 5.75 Å². The van der Waals surface area contributed by atoms with Gasteiger partial charge in [-0.15, -0.1) is 11.3 Å². The summed E-state index contributed by atoms with van der Waals surface area (Å²) >= 11 is 1.76. The van der Waals surface area contributed by atoms with Crippen molar-refractivity contribution in [2.45, 2.75) is 18.9 Å². The third-order valence-corrected chi connectivity index (χ3v) is 7.20. The number of benzene rings is 2. The van der Waals surface area contributed by atoms with Crippen LogP contribution in [0.2, 0.25) is 0 Å². The van der Waals surface area contributed by atoms with Gasteiger partial charge in [0.05, 0.1) is 19.1 Å². The first-order chi connectivity index (χ1) is 15.2. The lowest BCUT2D eigenvalue weighted by atomic mass is 9.91. The highest BCUT2D eigenvalue weighted by molar-refractivity contribution is 7.10. The van der Waals surface area contributed by atoms with Crippen molar-refractivity contribution in [3.8, 4) is 5.75 Å². The van der Waals surface area contributed by atoms with E-state index in [1.165, 1.54) is 10.4 Å². The van der Waals surface area contributed by atoms with Crippen molar-refractivity contribution >= 4 is 28.8 Å². The standard InChI is InChI=1S/C25H24N2O3S/c1-30-20-9-5-8-19(15-20)27-16-18(14-23(27)28)25(29)26-12-10-22-21(11-13-31-22)24(26)17-6-3-2-4-7-17/h2-9,11,13,15,18,24H,10,12,14,16H2,1H3/t18-,24-/m1/s1. The molecule has 5 nitrogen and oxygen atoms in total. The normalized spacial score (nSPS) is 20.6. The quantitative estimate of drug-likeness (QED) is 0.618. The number of carbonyl (C=O) groups excluding carboxylic acids is 2. The molecule has 6 heteroatoms. The monoisotopic (exact) mass is 432 g/mol. The van der Waals surface area contributed by atoms with E-state index < -0.39 is 0 Å². The van der Waals surface area contributed by atoms with Crippen molar-refractivity contribution in [2.75, 3.05) is 25.1 Å². The molecule has 2 aliphatic rings. The Morgan fingerprint density at radius 1 is 1.10 bits per heavy atom. The van der Waals surface area contributed by atoms with Crippen molar-refractivity contribution in [3.05, 3.63) is 82.0 Å². The number of fused-ring (bicyclic) bond motifs is 1. The van der Waals surface area contributed by atoms with E-state index in [9.17, 15) is 9.59 Å². The molecule has 0 N–H and O–H groups in total. The zero-order valence-electron chi connectivity index (χ0n) is 17.4. The lowest BCUT2D eigenvalue weighted by molar-refractivity contribution is -0.137. The fraction of sp³-hybridized carbons (Fsp3) is 0.280. The molecule has 3 aromatic rings. The van der Waals surface area contributed by atoms with Crippen LogP contribution < -0.4 is 9.64 Å². The molecule has 3 heterocycles. The molecular formula is C25H24N2O3S. The Hall–Kier alpha value is -3.12. The molecule has 158 valence electrons. The van der Waals surface area contributed by atoms with Crippen LogP contribution >= 0.6 is 11.3 Å². The van der Waals surface area contributed by atoms with Gasteiger partial charge in [-0.3, -0.25) is 9.59 Å². The molecule has 0 aliphatic carbocycles. The molecule has 0 radical (unpaired) electrons. The number of carbonyl (C=O) groups is 2. The molecule has 2 atom stereocenters. The first-order valence-electron chi connectivity index (χ1n) is 10.5. The Morgan fingerprint density at radius 3 is 2.74 bits per heavy atom. The van der Waals surface area contributed by atoms with Gasteiger partial charge in [-0.1, -0.05) is 36.4 Å². The first kappa shape index (κ1) is 19.8. The number of amides is 2. The predicted molar refractivity (Wildman–Crippen MR) is 121 cm³/mol. The van der Waals surface area contributed by atoms with E-state index in [4.69, 9.17) is 4.74 Å². The maximum Gasteiger partial charge on any atom is 0.228 e. The summed E-state index contributed by atoms with van der Waals surface area (Å²) in [5.41, 5.74) is 3.10. The number of rotatable bonds is 4. The number of ether oxygens (including phenoxy) is 1. The Labute approximate surface area is 185 Å². The van der Waals surface area contributed by atoms with E-state index in [1.807, 2.05) is 47.4 Å². The van der Waals surface area contributed by atoms with Crippen molar-refractivity contribution in [3.63, 3.8) is 0 Å². The van der Waals surface area contributed by atoms with Gasteiger partial charge in [-0.25, -0.2) is 0 Å². The molecule has 0 spiro atoms. The van der Waals surface area contributed by atoms with E-state index in [1.54, 1.807) is 23.3 Å². The smallest absolute Gasteiger partial charge is 0.228 e. The van der Waals surface area contributed by atoms with Crippen molar-refractivity contribution in [2.24, 2.45) is 5.92 Å². The van der Waals surface area contributed by atoms with Crippen LogP contribution in [-0.4, -0.2) is 36.9 Å². The van der Waals surface area contributed by atoms with Gasteiger partial charge in [0.15, 0.2) is 0 Å². The fourth-order valence-corrected chi connectivity index (χ4v) is 5.59. The summed E-state index contributed by atoms with van der Waals surface area (Å²) in [5, 5.41) is 2.11. The van der Waals surface area contributed by atoms with Crippen LogP contribution in [-0.2, 0) is 16.0 Å². The van der Waals surface area contributed by atoms with Crippen LogP contribution in [0.1, 0.15) is 28.5 Å². The van der Waals surface area contributed by atoms with E-state index in [-0.39, 0.29) is 30.2 Å². The highest BCUT2D eigenvalue weighted by atomic mass is 32.1. The number of hydrogen-bond acceptors (Lipinski definition) is 4. The average molecular weight is 433 g/mol. The summed E-state index contributed by atoms with van der Waals surface area (Å²) in [5.74, 6) is 0.399. The van der Waals surface area contributed by atoms with E-state index in [2.05, 4.69) is 23.6 Å². The number of hydrogen-bond donors (Lipinski definition) is 0. The molecule has 1 saturated heterocycles. The number of thiophene rings is 1. The molecule has 2 amide bonds. The Balaban J connectivity index is 1.42. The van der Waals surface area contributed by atoms with Crippen molar-refractivity contribution in [1.29, 1.82) is 0 Å². The predicted octanol–water partition coefficient (Wildman–Crippen LogP) is 4.28. The second kappa shape index (κ2) is 8.19. The van der Waals surface area contributed by atoms with E-state index in [0.717, 1.165) is 17.7 Å². The summed E-state index contributed by atoms with van der Waals surface area (Å²) in [6.07, 6.45) is 1.10. The van der Waals surface area contributed by atoms with Gasteiger partial charge in [0, 0.05) is 36.1 Å². The minimum absolute atomic E-state index is 0.0175. The highest BCUT2D eigenvalue weighted by Crippen LogP contribution is 2.39. The lowest BCUT2D eigenvalue weighted by Crippen LogP contribution is -2.43. The third-order valence-electron chi connectivity index (χ3n) is 6.20. The molecule has 2 aromatic carbocycles. The number of methoxy groups -OCH3 is 1. The van der Waals surface area contributed by atoms with Gasteiger partial charge in [0.25, 0.3) is 0 Å². The average Bonchev–Trinajstić information content (AvgIpc) is 3.45. The molecule has 1 aromatic heterocycles. The summed E-state index contributed by atoms with van der Waals surface area (Å²) in [6, 6.07) is 19.7. The van der Waals surface area contributed by atoms with Gasteiger partial charge < -0.3 is 14.5 Å². The lowest BCUT2D eigenvalue weighted by Gasteiger charge is -2.37. The second-order valence-electron chi connectivity index (χ2n) is 8.00. The van der Waals surface area contributed by atoms with Gasteiger partial charge in [-0.05, 0) is 41.1 Å². The van der Waals surface area contributed by atoms with Crippen LogP contribution in [0.25, 0.3) is 0 Å². The van der Waals surface area contributed by atoms with Crippen LogP contribution in [0.3, 0.4) is 0 Å². The SMILES string of the molecule is COc1cccc(N2C[C@H](C(=O)N3CCc4sccc4[C@H]3c3ccccc3)CC2=O)c1. The minimum atomic E-state index is -0.343. The largest absolute Gasteiger partial charge is 0.497 e. The highest BCUT2D eigenvalue weighted by Gasteiger charge is 2.41. The first-order valence-corrected chi connectivity index (χ1v) is 11.4. The minimum Gasteiger partial charge on any atom is -0.497 e. The zero-order chi connectivity index (χ0) is 21.4. The van der Waals surface area contributed by atoms with Crippen LogP contribution in [0.4, 0.5) is 5.69 Å². The maximum atomic E-state index is 13.7. The Bertz CT molecular complexity index is 1110. The van der Waals surface area contributed by atoms with Gasteiger partial charge >= 0.3 is 0 Å². The summed E-state index contributed by atoms with van der Waals surface area (Å²) in [6.45, 7) is 1.08. The molecule has 2 aliphatic heterocycles. The summed E-state index contributed by atoms with van der Waals surface area (Å²) < 4.78 is 5.30.